The van der Waals surface area contributed by atoms with Crippen LogP contribution in [0.2, 0.25) is 0 Å². The molecule has 2 aromatic carbocycles. The number of esters is 3. The summed E-state index contributed by atoms with van der Waals surface area (Å²) in [5.41, 5.74) is 0.374. The van der Waals surface area contributed by atoms with Crippen molar-refractivity contribution in [2.75, 3.05) is 19.8 Å². The van der Waals surface area contributed by atoms with Crippen molar-refractivity contribution in [3.05, 3.63) is 79.6 Å². The minimum Gasteiger partial charge on any atom is -0.494 e. The third-order valence-corrected chi connectivity index (χ3v) is 4.35. The molecule has 0 N–H and O–H groups in total. The van der Waals surface area contributed by atoms with Crippen molar-refractivity contribution < 1.29 is 38.1 Å². The molecule has 0 spiro atoms. The number of hydrogen-bond acceptors (Lipinski definition) is 8. The van der Waals surface area contributed by atoms with Gasteiger partial charge in [0.25, 0.3) is 0 Å². The van der Waals surface area contributed by atoms with Gasteiger partial charge < -0.3 is 23.7 Å². The molecule has 0 aromatic heterocycles. The lowest BCUT2D eigenvalue weighted by molar-refractivity contribution is -0.139. The third kappa shape index (κ3) is 10.0. The molecule has 0 aliphatic carbocycles. The van der Waals surface area contributed by atoms with Gasteiger partial charge in [0.1, 0.15) is 17.2 Å². The van der Waals surface area contributed by atoms with Crippen LogP contribution >= 0.6 is 0 Å². The molecular formula is C26H28O8. The second kappa shape index (κ2) is 14.9. The lowest BCUT2D eigenvalue weighted by Crippen LogP contribution is -2.08. The first-order chi connectivity index (χ1) is 16.5. The van der Waals surface area contributed by atoms with Crippen LogP contribution in [0.3, 0.4) is 0 Å². The average molecular weight is 469 g/mol. The molecule has 0 radical (unpaired) electrons. The average Bonchev–Trinajstić information content (AvgIpc) is 2.85. The lowest BCUT2D eigenvalue weighted by Gasteiger charge is -2.09. The molecule has 0 amide bonds. The van der Waals surface area contributed by atoms with Crippen molar-refractivity contribution in [1.82, 2.24) is 0 Å². The summed E-state index contributed by atoms with van der Waals surface area (Å²) < 4.78 is 26.1. The molecule has 0 heterocycles. The highest BCUT2D eigenvalue weighted by Crippen LogP contribution is 2.20. The molecule has 0 atom stereocenters. The summed E-state index contributed by atoms with van der Waals surface area (Å²) in [7, 11) is 0. The highest BCUT2D eigenvalue weighted by molar-refractivity contribution is 5.91. The smallest absolute Gasteiger partial charge is 0.343 e. The number of carbonyl (C=O) groups excluding carboxylic acids is 3. The Morgan fingerprint density at radius 1 is 0.735 bits per heavy atom. The molecule has 2 aromatic rings. The zero-order valence-electron chi connectivity index (χ0n) is 18.9. The van der Waals surface area contributed by atoms with E-state index in [1.54, 1.807) is 48.5 Å². The van der Waals surface area contributed by atoms with Crippen LogP contribution < -0.4 is 14.2 Å². The van der Waals surface area contributed by atoms with Gasteiger partial charge in [-0.25, -0.2) is 9.59 Å². The Hall–Kier alpha value is -4.07. The van der Waals surface area contributed by atoms with Crippen LogP contribution in [0.1, 0.15) is 36.0 Å². The van der Waals surface area contributed by atoms with Crippen LogP contribution in [-0.2, 0) is 19.1 Å². The maximum atomic E-state index is 12.4. The van der Waals surface area contributed by atoms with Gasteiger partial charge in [0, 0.05) is 12.5 Å². The second-order valence-corrected chi connectivity index (χ2v) is 6.92. The van der Waals surface area contributed by atoms with E-state index in [0.29, 0.717) is 55.5 Å². The van der Waals surface area contributed by atoms with Crippen molar-refractivity contribution >= 4 is 17.9 Å². The fraction of sp³-hybridized carbons (Fsp3) is 0.269. The molecule has 0 aliphatic rings. The summed E-state index contributed by atoms with van der Waals surface area (Å²) >= 11 is 0. The summed E-state index contributed by atoms with van der Waals surface area (Å²) in [6.45, 7) is 7.79. The highest BCUT2D eigenvalue weighted by Gasteiger charge is 2.09. The SMILES string of the molecule is C=COC(=O)CCCOc1ccc(C(=O)Oc2ccc(OCCCCOC(=O)C=C)cc2)cc1. The number of rotatable bonds is 15. The topological polar surface area (TPSA) is 97.4 Å². The van der Waals surface area contributed by atoms with E-state index in [-0.39, 0.29) is 12.4 Å². The first-order valence-corrected chi connectivity index (χ1v) is 10.8. The number of hydrogen-bond donors (Lipinski definition) is 0. The van der Waals surface area contributed by atoms with Gasteiger partial charge in [0.05, 0.1) is 31.6 Å². The molecule has 8 heteroatoms. The predicted octanol–water partition coefficient (Wildman–Crippen LogP) is 4.64. The Morgan fingerprint density at radius 3 is 1.91 bits per heavy atom. The molecule has 8 nitrogen and oxygen atoms in total. The van der Waals surface area contributed by atoms with Crippen LogP contribution in [0.25, 0.3) is 0 Å². The summed E-state index contributed by atoms with van der Waals surface area (Å²) in [5, 5.41) is 0. The van der Waals surface area contributed by atoms with Gasteiger partial charge in [-0.05, 0) is 67.8 Å². The van der Waals surface area contributed by atoms with E-state index in [9.17, 15) is 14.4 Å². The van der Waals surface area contributed by atoms with Gasteiger partial charge in [0.2, 0.25) is 0 Å². The maximum Gasteiger partial charge on any atom is 0.343 e. The Labute approximate surface area is 198 Å². The van der Waals surface area contributed by atoms with E-state index in [2.05, 4.69) is 17.9 Å². The van der Waals surface area contributed by atoms with Gasteiger partial charge in [-0.15, -0.1) is 0 Å². The molecule has 0 fully saturated rings. The first kappa shape index (κ1) is 26.2. The fourth-order valence-electron chi connectivity index (χ4n) is 2.64. The predicted molar refractivity (Wildman–Crippen MR) is 125 cm³/mol. The van der Waals surface area contributed by atoms with E-state index >= 15 is 0 Å². The van der Waals surface area contributed by atoms with Crippen LogP contribution in [0.5, 0.6) is 17.2 Å². The molecule has 34 heavy (non-hydrogen) atoms. The molecule has 0 saturated heterocycles. The van der Waals surface area contributed by atoms with Crippen LogP contribution in [0.4, 0.5) is 0 Å². The van der Waals surface area contributed by atoms with E-state index in [1.165, 1.54) is 0 Å². The van der Waals surface area contributed by atoms with Crippen molar-refractivity contribution in [3.63, 3.8) is 0 Å². The molecule has 0 aliphatic heterocycles. The number of benzene rings is 2. The number of unbranched alkanes of at least 4 members (excludes halogenated alkanes) is 1. The summed E-state index contributed by atoms with van der Waals surface area (Å²) in [4.78, 5) is 34.5. The van der Waals surface area contributed by atoms with Gasteiger partial charge in [-0.1, -0.05) is 13.2 Å². The van der Waals surface area contributed by atoms with E-state index in [1.807, 2.05) is 0 Å². The van der Waals surface area contributed by atoms with Gasteiger partial charge >= 0.3 is 17.9 Å². The summed E-state index contributed by atoms with van der Waals surface area (Å²) in [6.07, 6.45) is 4.37. The molecular weight excluding hydrogens is 440 g/mol. The second-order valence-electron chi connectivity index (χ2n) is 6.92. The Balaban J connectivity index is 1.69. The molecule has 2 rings (SSSR count). The van der Waals surface area contributed by atoms with Gasteiger partial charge in [0.15, 0.2) is 0 Å². The normalized spacial score (nSPS) is 10.0. The standard InChI is InChI=1S/C26H28O8/c1-3-24(27)33-18-6-5-17-31-22-13-15-23(16-14-22)34-26(29)20-9-11-21(12-10-20)32-19-7-8-25(28)30-4-2/h3-4,9-16H,1-2,5-8,17-19H2. The van der Waals surface area contributed by atoms with Crippen LogP contribution in [-0.4, -0.2) is 37.7 Å². The Bertz CT molecular complexity index is 948. The quantitative estimate of drug-likeness (QED) is 0.123. The molecule has 180 valence electrons. The van der Waals surface area contributed by atoms with E-state index in [0.717, 1.165) is 18.8 Å². The van der Waals surface area contributed by atoms with Crippen molar-refractivity contribution in [1.29, 1.82) is 0 Å². The third-order valence-electron chi connectivity index (χ3n) is 4.35. The lowest BCUT2D eigenvalue weighted by atomic mass is 10.2. The number of ether oxygens (including phenoxy) is 5. The largest absolute Gasteiger partial charge is 0.494 e. The monoisotopic (exact) mass is 468 g/mol. The van der Waals surface area contributed by atoms with E-state index in [4.69, 9.17) is 18.9 Å². The molecule has 0 saturated carbocycles. The zero-order valence-corrected chi connectivity index (χ0v) is 18.9. The van der Waals surface area contributed by atoms with Crippen LogP contribution in [0.15, 0.2) is 74.0 Å². The minimum absolute atomic E-state index is 0.230. The van der Waals surface area contributed by atoms with Crippen LogP contribution in [0, 0.1) is 0 Å². The van der Waals surface area contributed by atoms with Crippen molar-refractivity contribution in [2.45, 2.75) is 25.7 Å². The minimum atomic E-state index is -0.499. The maximum absolute atomic E-state index is 12.4. The zero-order chi connectivity index (χ0) is 24.6. The fourth-order valence-corrected chi connectivity index (χ4v) is 2.64. The molecule has 0 bridgehead atoms. The van der Waals surface area contributed by atoms with Crippen molar-refractivity contribution in [3.8, 4) is 17.2 Å². The summed E-state index contributed by atoms with van der Waals surface area (Å²) in [6, 6.07) is 13.2. The van der Waals surface area contributed by atoms with Crippen molar-refractivity contribution in [2.24, 2.45) is 0 Å². The number of carbonyl (C=O) groups is 3. The first-order valence-electron chi connectivity index (χ1n) is 10.8. The Kier molecular flexibility index (Phi) is 11.5. The highest BCUT2D eigenvalue weighted by atomic mass is 16.5. The Morgan fingerprint density at radius 2 is 1.29 bits per heavy atom. The van der Waals surface area contributed by atoms with Gasteiger partial charge in [-0.3, -0.25) is 4.79 Å². The van der Waals surface area contributed by atoms with Gasteiger partial charge in [-0.2, -0.15) is 0 Å². The summed E-state index contributed by atoms with van der Waals surface area (Å²) in [5.74, 6) is 0.313. The molecule has 0 unspecified atom stereocenters. The van der Waals surface area contributed by atoms with E-state index < -0.39 is 11.9 Å².